The summed E-state index contributed by atoms with van der Waals surface area (Å²) in [5.74, 6) is 0.697. The Morgan fingerprint density at radius 2 is 0.593 bits per heavy atom. The molecule has 17 nitrogen and oxygen atoms in total. The van der Waals surface area contributed by atoms with E-state index in [0.29, 0.717) is 31.6 Å². The first-order chi connectivity index (χ1) is 38.6. The third-order valence-electron chi connectivity index (χ3n) is 14.4. The van der Waals surface area contributed by atoms with Crippen LogP contribution in [-0.2, 0) is 65.4 Å². The molecule has 0 saturated carbocycles. The molecule has 3 unspecified atom stereocenters. The lowest BCUT2D eigenvalue weighted by Gasteiger charge is -2.21. The molecule has 0 aromatic carbocycles. The van der Waals surface area contributed by atoms with E-state index in [1.54, 1.807) is 0 Å². The number of hydrogen-bond acceptors (Lipinski definition) is 15. The maximum atomic E-state index is 12.9. The van der Waals surface area contributed by atoms with Crippen LogP contribution in [0, 0.1) is 23.7 Å². The Morgan fingerprint density at radius 1 is 0.346 bits per heavy atom. The van der Waals surface area contributed by atoms with E-state index < -0.39 is 97.5 Å². The summed E-state index contributed by atoms with van der Waals surface area (Å²) in [7, 11) is -9.88. The highest BCUT2D eigenvalue weighted by molar-refractivity contribution is 7.47. The van der Waals surface area contributed by atoms with Gasteiger partial charge in [0, 0.05) is 25.7 Å². The molecule has 0 aromatic rings. The maximum absolute atomic E-state index is 12.9. The van der Waals surface area contributed by atoms with Crippen molar-refractivity contribution in [3.05, 3.63) is 0 Å². The fourth-order valence-corrected chi connectivity index (χ4v) is 10.6. The summed E-state index contributed by atoms with van der Waals surface area (Å²) >= 11 is 0. The van der Waals surface area contributed by atoms with Crippen molar-refractivity contribution in [3.63, 3.8) is 0 Å². The molecule has 0 spiro atoms. The van der Waals surface area contributed by atoms with Crippen molar-refractivity contribution < 1.29 is 80.2 Å². The average molecular weight is 1200 g/mol. The molecule has 0 radical (unpaired) electrons. The number of hydrogen-bond donors (Lipinski definition) is 3. The zero-order valence-corrected chi connectivity index (χ0v) is 54.2. The second kappa shape index (κ2) is 52.4. The van der Waals surface area contributed by atoms with E-state index in [9.17, 15) is 43.2 Å². The van der Waals surface area contributed by atoms with Gasteiger partial charge in [0.05, 0.1) is 26.4 Å². The molecule has 81 heavy (non-hydrogen) atoms. The van der Waals surface area contributed by atoms with Gasteiger partial charge in [0.15, 0.2) is 12.2 Å². The lowest BCUT2D eigenvalue weighted by atomic mass is 10.00. The van der Waals surface area contributed by atoms with E-state index in [4.69, 9.17) is 37.0 Å². The summed E-state index contributed by atoms with van der Waals surface area (Å²) in [6, 6.07) is 0. The minimum absolute atomic E-state index is 0.101. The lowest BCUT2D eigenvalue weighted by Crippen LogP contribution is -2.30. The molecule has 480 valence electrons. The standard InChI is InChI=1S/C62H120O17P2/c1-9-55(8)41-33-25-19-21-27-35-43-60(65)73-49-57(78-61(66)44-36-28-17-13-11-15-23-31-39-53(4)5)50-76-80(68,69)74-46-56(63)47-75-81(70,71)77-51-58(79-62(67)45-37-29-20-18-24-32-40-54(6)7)48-72-59(64)42-34-26-16-12-10-14-22-30-38-52(2)3/h52-58,63H,9-51H2,1-8H3,(H,68,69)(H,70,71)/t55?,56-,57+,58+/m0/s1. The molecule has 0 aliphatic heterocycles. The van der Waals surface area contributed by atoms with Crippen molar-refractivity contribution in [2.45, 2.75) is 311 Å². The molecule has 0 saturated heterocycles. The molecule has 6 atom stereocenters. The molecule has 19 heteroatoms. The van der Waals surface area contributed by atoms with Crippen LogP contribution in [0.2, 0.25) is 0 Å². The van der Waals surface area contributed by atoms with Gasteiger partial charge in [0.1, 0.15) is 19.3 Å². The van der Waals surface area contributed by atoms with Gasteiger partial charge in [0.2, 0.25) is 0 Å². The predicted molar refractivity (Wildman–Crippen MR) is 321 cm³/mol. The third-order valence-corrected chi connectivity index (χ3v) is 16.3. The van der Waals surface area contributed by atoms with Crippen LogP contribution in [0.4, 0.5) is 0 Å². The van der Waals surface area contributed by atoms with Crippen LogP contribution in [0.5, 0.6) is 0 Å². The molecule has 0 amide bonds. The summed E-state index contributed by atoms with van der Waals surface area (Å²) in [6.45, 7) is 13.9. The molecule has 3 N–H and O–H groups in total. The Kier molecular flexibility index (Phi) is 51.1. The highest BCUT2D eigenvalue weighted by Gasteiger charge is 2.30. The Hall–Kier alpha value is -1.94. The first kappa shape index (κ1) is 79.1. The zero-order valence-electron chi connectivity index (χ0n) is 52.4. The Labute approximate surface area is 492 Å². The van der Waals surface area contributed by atoms with Gasteiger partial charge in [-0.3, -0.25) is 37.3 Å². The molecule has 0 aliphatic rings. The number of phosphoric acid groups is 2. The monoisotopic (exact) mass is 1200 g/mol. The van der Waals surface area contributed by atoms with E-state index in [1.807, 2.05) is 0 Å². The minimum Gasteiger partial charge on any atom is -0.462 e. The van der Waals surface area contributed by atoms with Gasteiger partial charge in [-0.1, -0.05) is 242 Å². The SMILES string of the molecule is CCC(C)CCCCCCCCC(=O)OC[C@H](COP(=O)(O)OC[C@H](O)COP(=O)(O)OC[C@@H](COC(=O)CCCCCCCCCCC(C)C)OC(=O)CCCCCCCCC(C)C)OC(=O)CCCCCCCCCCC(C)C. The van der Waals surface area contributed by atoms with Crippen molar-refractivity contribution >= 4 is 39.5 Å². The number of carbonyl (C=O) groups is 4. The van der Waals surface area contributed by atoms with Crippen molar-refractivity contribution in [1.29, 1.82) is 0 Å². The summed E-state index contributed by atoms with van der Waals surface area (Å²) in [5.41, 5.74) is 0. The molecule has 0 aromatic heterocycles. The number of phosphoric ester groups is 2. The largest absolute Gasteiger partial charge is 0.472 e. The van der Waals surface area contributed by atoms with Crippen LogP contribution in [0.25, 0.3) is 0 Å². The topological polar surface area (TPSA) is 237 Å². The van der Waals surface area contributed by atoms with Crippen LogP contribution < -0.4 is 0 Å². The van der Waals surface area contributed by atoms with Crippen molar-refractivity contribution in [3.8, 4) is 0 Å². The first-order valence-electron chi connectivity index (χ1n) is 32.2. The van der Waals surface area contributed by atoms with E-state index in [-0.39, 0.29) is 25.7 Å². The number of carbonyl (C=O) groups excluding carboxylic acids is 4. The van der Waals surface area contributed by atoms with Crippen LogP contribution in [-0.4, -0.2) is 96.7 Å². The van der Waals surface area contributed by atoms with Gasteiger partial charge in [-0.2, -0.15) is 0 Å². The summed E-state index contributed by atoms with van der Waals surface area (Å²) in [4.78, 5) is 72.1. The first-order valence-corrected chi connectivity index (χ1v) is 35.2. The van der Waals surface area contributed by atoms with Crippen LogP contribution >= 0.6 is 15.6 Å². The third kappa shape index (κ3) is 55.7. The van der Waals surface area contributed by atoms with Gasteiger partial charge in [-0.25, -0.2) is 9.13 Å². The number of unbranched alkanes of at least 4 members (excludes halogenated alkanes) is 24. The molecule has 0 fully saturated rings. The molecule has 0 bridgehead atoms. The highest BCUT2D eigenvalue weighted by atomic mass is 31.2. The van der Waals surface area contributed by atoms with Gasteiger partial charge >= 0.3 is 39.5 Å². The normalized spacial score (nSPS) is 14.8. The second-order valence-corrected chi connectivity index (χ2v) is 27.0. The molecular formula is C62H120O17P2. The van der Waals surface area contributed by atoms with Crippen LogP contribution in [0.3, 0.4) is 0 Å². The maximum Gasteiger partial charge on any atom is 0.472 e. The lowest BCUT2D eigenvalue weighted by molar-refractivity contribution is -0.161. The van der Waals surface area contributed by atoms with E-state index in [1.165, 1.54) is 89.9 Å². The minimum atomic E-state index is -4.94. The second-order valence-electron chi connectivity index (χ2n) is 24.1. The molecule has 0 rings (SSSR count). The molecule has 0 heterocycles. The number of esters is 4. The summed E-state index contributed by atoms with van der Waals surface area (Å²) < 4.78 is 67.9. The molecular weight excluding hydrogens is 1080 g/mol. The Bertz CT molecular complexity index is 1630. The zero-order chi connectivity index (χ0) is 60.4. The van der Waals surface area contributed by atoms with E-state index in [0.717, 1.165) is 114 Å². The van der Waals surface area contributed by atoms with E-state index in [2.05, 4.69) is 55.4 Å². The average Bonchev–Trinajstić information content (AvgIpc) is 3.41. The van der Waals surface area contributed by atoms with Crippen LogP contribution in [0.15, 0.2) is 0 Å². The fraction of sp³-hybridized carbons (Fsp3) is 0.935. The quantitative estimate of drug-likeness (QED) is 0.0222. The van der Waals surface area contributed by atoms with Gasteiger partial charge < -0.3 is 33.8 Å². The fourth-order valence-electron chi connectivity index (χ4n) is 9.04. The van der Waals surface area contributed by atoms with Crippen molar-refractivity contribution in [2.24, 2.45) is 23.7 Å². The Morgan fingerprint density at radius 3 is 0.877 bits per heavy atom. The van der Waals surface area contributed by atoms with Crippen molar-refractivity contribution in [1.82, 2.24) is 0 Å². The molecule has 0 aliphatic carbocycles. The van der Waals surface area contributed by atoms with E-state index >= 15 is 0 Å². The van der Waals surface area contributed by atoms with Gasteiger partial charge in [0.25, 0.3) is 0 Å². The summed E-state index contributed by atoms with van der Waals surface area (Å²) in [5, 5.41) is 10.5. The number of ether oxygens (including phenoxy) is 4. The Balaban J connectivity index is 5.25. The smallest absolute Gasteiger partial charge is 0.462 e. The number of aliphatic hydroxyl groups excluding tert-OH is 1. The summed E-state index contributed by atoms with van der Waals surface area (Å²) in [6.07, 6.45) is 31.0. The number of aliphatic hydroxyl groups is 1. The van der Waals surface area contributed by atoms with Crippen LogP contribution in [0.1, 0.15) is 293 Å². The van der Waals surface area contributed by atoms with Gasteiger partial charge in [-0.05, 0) is 49.4 Å². The van der Waals surface area contributed by atoms with Crippen molar-refractivity contribution in [2.75, 3.05) is 39.6 Å². The highest BCUT2D eigenvalue weighted by Crippen LogP contribution is 2.45. The van der Waals surface area contributed by atoms with Gasteiger partial charge in [-0.15, -0.1) is 0 Å². The predicted octanol–water partition coefficient (Wildman–Crippen LogP) is 16.6. The number of rotatable bonds is 59.